The minimum atomic E-state index is -3.64. The molecule has 3 rings (SSSR count). The molecule has 1 aliphatic rings. The summed E-state index contributed by atoms with van der Waals surface area (Å²) in [6.45, 7) is 0. The zero-order valence-corrected chi connectivity index (χ0v) is 13.4. The summed E-state index contributed by atoms with van der Waals surface area (Å²) >= 11 is 3.15. The van der Waals surface area contributed by atoms with E-state index < -0.39 is 10.0 Å². The topological polar surface area (TPSA) is 89.5 Å². The Kier molecular flexibility index (Phi) is 3.69. The van der Waals surface area contributed by atoms with E-state index in [9.17, 15) is 8.42 Å². The summed E-state index contributed by atoms with van der Waals surface area (Å²) in [5, 5.41) is 2.38. The second kappa shape index (κ2) is 5.21. The number of nitrogens with zero attached hydrogens (tertiary/aromatic N) is 2. The number of hydrogen-bond donors (Lipinski definition) is 2. The molecule has 2 atom stereocenters. The van der Waals surface area contributed by atoms with Crippen molar-refractivity contribution in [3.05, 3.63) is 11.6 Å². The summed E-state index contributed by atoms with van der Waals surface area (Å²) in [4.78, 5) is 4.67. The number of thiazole rings is 1. The third kappa shape index (κ3) is 2.43. The molecule has 1 saturated carbocycles. The van der Waals surface area contributed by atoms with Gasteiger partial charge >= 0.3 is 0 Å². The fraction of sp³-hybridized carbons (Fsp3) is 0.545. The van der Waals surface area contributed by atoms with Gasteiger partial charge in [-0.05, 0) is 25.5 Å². The van der Waals surface area contributed by atoms with Crippen molar-refractivity contribution in [3.63, 3.8) is 0 Å². The number of aromatic nitrogens is 2. The van der Waals surface area contributed by atoms with Crippen LogP contribution in [0.5, 0.6) is 0 Å². The Bertz CT molecular complexity index is 721. The fourth-order valence-electron chi connectivity index (χ4n) is 2.59. The number of nitrogens with one attached hydrogen (secondary N) is 1. The van der Waals surface area contributed by atoms with Gasteiger partial charge in [-0.1, -0.05) is 0 Å². The maximum absolute atomic E-state index is 12.5. The molecule has 20 heavy (non-hydrogen) atoms. The highest BCUT2D eigenvalue weighted by atomic mass is 32.2. The van der Waals surface area contributed by atoms with Gasteiger partial charge in [0.2, 0.25) is 0 Å². The molecule has 2 aromatic rings. The van der Waals surface area contributed by atoms with Crippen LogP contribution in [-0.2, 0) is 10.0 Å². The second-order valence-corrected chi connectivity index (χ2v) is 8.49. The molecule has 6 nitrogen and oxygen atoms in total. The Balaban J connectivity index is 1.88. The van der Waals surface area contributed by atoms with Crippen LogP contribution in [0.25, 0.3) is 4.96 Å². The Morgan fingerprint density at radius 2 is 2.35 bits per heavy atom. The Morgan fingerprint density at radius 3 is 3.05 bits per heavy atom. The van der Waals surface area contributed by atoms with Crippen LogP contribution in [0.15, 0.2) is 16.6 Å². The summed E-state index contributed by atoms with van der Waals surface area (Å²) in [5.74, 6) is 0.0590. The number of sulfonamides is 1. The molecule has 2 aromatic heterocycles. The fourth-order valence-corrected chi connectivity index (χ4v) is 5.65. The number of nitrogen functional groups attached to an aromatic ring is 1. The number of nitrogens with two attached hydrogens (primary N) is 1. The summed E-state index contributed by atoms with van der Waals surface area (Å²) in [6, 6.07) is -0.0129. The first-order valence-corrected chi connectivity index (χ1v) is 9.92. The van der Waals surface area contributed by atoms with Gasteiger partial charge in [0.25, 0.3) is 10.0 Å². The van der Waals surface area contributed by atoms with Crippen molar-refractivity contribution >= 4 is 43.9 Å². The van der Waals surface area contributed by atoms with Crippen LogP contribution in [0, 0.1) is 0 Å². The van der Waals surface area contributed by atoms with E-state index in [1.807, 2.05) is 0 Å². The third-order valence-electron chi connectivity index (χ3n) is 3.54. The van der Waals surface area contributed by atoms with Crippen LogP contribution in [0.2, 0.25) is 0 Å². The predicted molar refractivity (Wildman–Crippen MR) is 82.7 cm³/mol. The lowest BCUT2D eigenvalue weighted by Crippen LogP contribution is -2.34. The average molecular weight is 332 g/mol. The summed E-state index contributed by atoms with van der Waals surface area (Å²) in [7, 11) is -3.64. The normalized spacial score (nSPS) is 23.6. The maximum atomic E-state index is 12.5. The van der Waals surface area contributed by atoms with E-state index in [1.54, 1.807) is 23.3 Å². The maximum Gasteiger partial charge on any atom is 0.260 e. The second-order valence-electron chi connectivity index (χ2n) is 4.85. The highest BCUT2D eigenvalue weighted by Gasteiger charge is 2.31. The number of fused-ring (bicyclic) bond motifs is 1. The zero-order valence-electron chi connectivity index (χ0n) is 10.9. The monoisotopic (exact) mass is 332 g/mol. The van der Waals surface area contributed by atoms with E-state index in [0.717, 1.165) is 19.3 Å². The van der Waals surface area contributed by atoms with E-state index in [4.69, 9.17) is 5.73 Å². The van der Waals surface area contributed by atoms with Gasteiger partial charge < -0.3 is 5.73 Å². The molecular formula is C11H16N4O2S3. The van der Waals surface area contributed by atoms with Crippen molar-refractivity contribution < 1.29 is 8.42 Å². The lowest BCUT2D eigenvalue weighted by Gasteiger charge is -2.13. The minimum Gasteiger partial charge on any atom is -0.381 e. The summed E-state index contributed by atoms with van der Waals surface area (Å²) in [5.41, 5.74) is 5.76. The molecule has 2 unspecified atom stereocenters. The van der Waals surface area contributed by atoms with E-state index in [2.05, 4.69) is 16.0 Å². The predicted octanol–water partition coefficient (Wildman–Crippen LogP) is 1.54. The van der Waals surface area contributed by atoms with Crippen LogP contribution in [0.3, 0.4) is 0 Å². The molecule has 0 amide bonds. The van der Waals surface area contributed by atoms with E-state index >= 15 is 0 Å². The summed E-state index contributed by atoms with van der Waals surface area (Å²) in [6.07, 6.45) is 6.52. The van der Waals surface area contributed by atoms with Crippen molar-refractivity contribution in [2.45, 2.75) is 35.6 Å². The lowest BCUT2D eigenvalue weighted by atomic mass is 10.3. The average Bonchev–Trinajstić information content (AvgIpc) is 3.03. The molecular weight excluding hydrogens is 316 g/mol. The number of rotatable bonds is 4. The number of hydrogen-bond acceptors (Lipinski definition) is 6. The number of imidazole rings is 1. The Labute approximate surface area is 125 Å². The van der Waals surface area contributed by atoms with Gasteiger partial charge in [-0.3, -0.25) is 4.40 Å². The highest BCUT2D eigenvalue weighted by Crippen LogP contribution is 2.30. The first kappa shape index (κ1) is 14.2. The Hall–Kier alpha value is -0.770. The minimum absolute atomic E-state index is 0.0129. The van der Waals surface area contributed by atoms with Crippen molar-refractivity contribution in [2.75, 3.05) is 12.0 Å². The molecule has 0 spiro atoms. The van der Waals surface area contributed by atoms with Crippen LogP contribution in [0.4, 0.5) is 5.82 Å². The van der Waals surface area contributed by atoms with Gasteiger partial charge in [0.15, 0.2) is 15.8 Å². The number of thioether (sulfide) groups is 1. The Morgan fingerprint density at radius 1 is 1.55 bits per heavy atom. The van der Waals surface area contributed by atoms with E-state index in [1.165, 1.54) is 15.7 Å². The molecule has 0 bridgehead atoms. The molecule has 3 N–H and O–H groups in total. The molecule has 0 aromatic carbocycles. The SMILES string of the molecule is CSC1CCC(NS(=O)(=O)c2c(N)nc3sccn23)C1. The molecule has 0 saturated heterocycles. The van der Waals surface area contributed by atoms with Crippen molar-refractivity contribution in [3.8, 4) is 0 Å². The summed E-state index contributed by atoms with van der Waals surface area (Å²) < 4.78 is 29.3. The largest absolute Gasteiger partial charge is 0.381 e. The van der Waals surface area contributed by atoms with Crippen LogP contribution in [-0.4, -0.2) is 35.4 Å². The quantitative estimate of drug-likeness (QED) is 0.886. The lowest BCUT2D eigenvalue weighted by molar-refractivity contribution is 0.549. The van der Waals surface area contributed by atoms with Gasteiger partial charge in [0, 0.05) is 22.9 Å². The standard InChI is InChI=1S/C11H16N4O2S3/c1-18-8-3-2-7(6-8)14-20(16,17)10-9(12)13-11-15(10)4-5-19-11/h4-5,7-8,14H,2-3,6,12H2,1H3. The third-order valence-corrected chi connectivity index (χ3v) is 6.95. The van der Waals surface area contributed by atoms with Crippen molar-refractivity contribution in [1.29, 1.82) is 0 Å². The first-order valence-electron chi connectivity index (χ1n) is 6.27. The molecule has 110 valence electrons. The van der Waals surface area contributed by atoms with Gasteiger partial charge in [-0.2, -0.15) is 11.8 Å². The smallest absolute Gasteiger partial charge is 0.260 e. The van der Waals surface area contributed by atoms with Crippen molar-refractivity contribution in [1.82, 2.24) is 14.1 Å². The zero-order chi connectivity index (χ0) is 14.3. The molecule has 2 heterocycles. The highest BCUT2D eigenvalue weighted by molar-refractivity contribution is 7.99. The molecule has 1 fully saturated rings. The van der Waals surface area contributed by atoms with Crippen LogP contribution >= 0.6 is 23.1 Å². The van der Waals surface area contributed by atoms with Gasteiger partial charge in [-0.25, -0.2) is 18.1 Å². The van der Waals surface area contributed by atoms with Gasteiger partial charge in [-0.15, -0.1) is 11.3 Å². The van der Waals surface area contributed by atoms with E-state index in [-0.39, 0.29) is 16.9 Å². The van der Waals surface area contributed by atoms with E-state index in [0.29, 0.717) is 10.2 Å². The first-order chi connectivity index (χ1) is 9.51. The van der Waals surface area contributed by atoms with Gasteiger partial charge in [0.05, 0.1) is 0 Å². The molecule has 1 aliphatic carbocycles. The van der Waals surface area contributed by atoms with Crippen molar-refractivity contribution in [2.24, 2.45) is 0 Å². The molecule has 9 heteroatoms. The van der Waals surface area contributed by atoms with Crippen LogP contribution in [0.1, 0.15) is 19.3 Å². The van der Waals surface area contributed by atoms with Gasteiger partial charge in [0.1, 0.15) is 0 Å². The molecule has 0 radical (unpaired) electrons. The molecule has 0 aliphatic heterocycles. The number of anilines is 1. The van der Waals surface area contributed by atoms with Crippen LogP contribution < -0.4 is 10.5 Å².